The number of amides is 3. The standard InChI is InChI=1S/C34H28Cl2IN7O5/c1-32(14-18-2-4-19(16-38)5-3-18)30(49)43(23-11-20(35)10-21(36)12-23)31-42(17-24(27(45)46)44(31)32)26-15-34(26,28(39)47)29(48)41-33(7-8-33)25-13-22(37)6-9-40-25/h2-6,9-13,17,26,31H,7-8,14-15H2,1H3,(H2,39,47)(H,41,48)(H,45,46)/t26?,31?,32-,34?/m1/s1. The number of carboxylic acids is 1. The van der Waals surface area contributed by atoms with Gasteiger partial charge >= 0.3 is 5.97 Å². The van der Waals surface area contributed by atoms with Crippen LogP contribution < -0.4 is 16.0 Å². The number of fused-ring (bicyclic) bond motifs is 1. The Morgan fingerprint density at radius 3 is 2.37 bits per heavy atom. The van der Waals surface area contributed by atoms with Crippen LogP contribution in [0.4, 0.5) is 5.69 Å². The molecule has 0 radical (unpaired) electrons. The number of halogens is 3. The van der Waals surface area contributed by atoms with E-state index in [9.17, 15) is 29.5 Å². The highest BCUT2D eigenvalue weighted by Gasteiger charge is 2.72. The average Bonchev–Trinajstić information content (AvgIpc) is 3.95. The van der Waals surface area contributed by atoms with Gasteiger partial charge in [0.1, 0.15) is 16.7 Å². The molecule has 3 unspecified atom stereocenters. The van der Waals surface area contributed by atoms with Gasteiger partial charge in [-0.2, -0.15) is 5.26 Å². The minimum atomic E-state index is -1.72. The number of benzene rings is 2. The number of anilines is 1. The molecular formula is C34H28Cl2IN7O5. The van der Waals surface area contributed by atoms with Crippen LogP contribution in [-0.4, -0.2) is 61.5 Å². The first-order valence-corrected chi connectivity index (χ1v) is 17.1. The summed E-state index contributed by atoms with van der Waals surface area (Å²) in [6.45, 7) is 1.64. The summed E-state index contributed by atoms with van der Waals surface area (Å²) in [5, 5.41) is 23.3. The number of carboxylic acid groups (broad SMARTS) is 1. The van der Waals surface area contributed by atoms with Gasteiger partial charge < -0.3 is 26.0 Å². The highest BCUT2D eigenvalue weighted by molar-refractivity contribution is 14.1. The first-order chi connectivity index (χ1) is 23.2. The van der Waals surface area contributed by atoms with Crippen molar-refractivity contribution in [2.45, 2.75) is 56.0 Å². The van der Waals surface area contributed by atoms with Crippen LogP contribution in [0.1, 0.15) is 43.0 Å². The highest BCUT2D eigenvalue weighted by Crippen LogP contribution is 2.57. The van der Waals surface area contributed by atoms with Gasteiger partial charge in [0.05, 0.1) is 34.6 Å². The molecule has 1 aromatic heterocycles. The van der Waals surface area contributed by atoms with Gasteiger partial charge in [0.2, 0.25) is 11.8 Å². The SMILES string of the molecule is C[C@@]1(Cc2ccc(C#N)cc2)C(=O)N(c2cc(Cl)cc(Cl)c2)C2N(C3CC3(C(N)=O)C(=O)NC3(c4cc(I)ccn4)CC3)C=C(C(=O)O)N21. The number of carbonyl (C=O) groups is 4. The van der Waals surface area contributed by atoms with Crippen molar-refractivity contribution >= 4 is 75.2 Å². The molecule has 3 heterocycles. The van der Waals surface area contributed by atoms with E-state index in [-0.39, 0.29) is 28.6 Å². The molecular weight excluding hydrogens is 784 g/mol. The second kappa shape index (κ2) is 11.6. The van der Waals surface area contributed by atoms with Crippen molar-refractivity contribution in [1.82, 2.24) is 20.1 Å². The van der Waals surface area contributed by atoms with Gasteiger partial charge in [-0.25, -0.2) is 4.79 Å². The number of primary amides is 1. The van der Waals surface area contributed by atoms with E-state index in [4.69, 9.17) is 28.9 Å². The van der Waals surface area contributed by atoms with Crippen LogP contribution in [0.5, 0.6) is 0 Å². The number of aromatic nitrogens is 1. The fourth-order valence-electron chi connectivity index (χ4n) is 7.15. The van der Waals surface area contributed by atoms with Crippen molar-refractivity contribution in [3.05, 3.63) is 103 Å². The maximum atomic E-state index is 14.7. The van der Waals surface area contributed by atoms with E-state index < -0.39 is 52.5 Å². The molecule has 1 saturated heterocycles. The van der Waals surface area contributed by atoms with Crippen molar-refractivity contribution in [3.63, 3.8) is 0 Å². The maximum absolute atomic E-state index is 14.7. The lowest BCUT2D eigenvalue weighted by atomic mass is 9.90. The summed E-state index contributed by atoms with van der Waals surface area (Å²) >= 11 is 15.0. The van der Waals surface area contributed by atoms with Crippen LogP contribution in [0.15, 0.2) is 72.7 Å². The lowest BCUT2D eigenvalue weighted by Crippen LogP contribution is -2.53. The molecule has 49 heavy (non-hydrogen) atoms. The van der Waals surface area contributed by atoms with E-state index in [1.807, 2.05) is 12.1 Å². The van der Waals surface area contributed by atoms with Crippen molar-refractivity contribution in [2.75, 3.05) is 4.90 Å². The number of aliphatic carboxylic acids is 1. The van der Waals surface area contributed by atoms with Crippen LogP contribution in [0.2, 0.25) is 10.0 Å². The molecule has 3 amide bonds. The molecule has 2 aliphatic heterocycles. The normalized spacial score (nSPS) is 26.1. The van der Waals surface area contributed by atoms with Gasteiger partial charge in [-0.05, 0) is 96.8 Å². The molecule has 0 spiro atoms. The van der Waals surface area contributed by atoms with Crippen LogP contribution in [0.3, 0.4) is 0 Å². The predicted molar refractivity (Wildman–Crippen MR) is 186 cm³/mol. The predicted octanol–water partition coefficient (Wildman–Crippen LogP) is 4.09. The first kappa shape index (κ1) is 33.1. The van der Waals surface area contributed by atoms with Gasteiger partial charge in [0, 0.05) is 32.4 Å². The summed E-state index contributed by atoms with van der Waals surface area (Å²) < 4.78 is 0.941. The van der Waals surface area contributed by atoms with Crippen LogP contribution in [0.25, 0.3) is 0 Å². The number of hydrogen-bond donors (Lipinski definition) is 3. The van der Waals surface area contributed by atoms with E-state index in [0.29, 0.717) is 35.3 Å². The third kappa shape index (κ3) is 5.28. The lowest BCUT2D eigenvalue weighted by molar-refractivity contribution is -0.138. The number of nitrogens with one attached hydrogen (secondary N) is 1. The summed E-state index contributed by atoms with van der Waals surface area (Å²) in [6, 6.07) is 16.1. The number of hydrogen-bond acceptors (Lipinski definition) is 8. The first-order valence-electron chi connectivity index (χ1n) is 15.3. The minimum absolute atomic E-state index is 0.0115. The molecule has 2 aliphatic carbocycles. The summed E-state index contributed by atoms with van der Waals surface area (Å²) in [4.78, 5) is 63.9. The Bertz CT molecular complexity index is 2010. The number of rotatable bonds is 9. The molecule has 12 nitrogen and oxygen atoms in total. The molecule has 2 aromatic carbocycles. The van der Waals surface area contributed by atoms with Crippen molar-refractivity contribution < 1.29 is 24.3 Å². The zero-order chi connectivity index (χ0) is 35.0. The molecule has 3 aromatic rings. The van der Waals surface area contributed by atoms with Crippen molar-refractivity contribution in [3.8, 4) is 6.07 Å². The monoisotopic (exact) mass is 811 g/mol. The molecule has 4 atom stereocenters. The molecule has 0 bridgehead atoms. The summed E-state index contributed by atoms with van der Waals surface area (Å²) in [5.74, 6) is -3.23. The fraction of sp³-hybridized carbons (Fsp3) is 0.294. The topological polar surface area (TPSA) is 173 Å². The summed E-state index contributed by atoms with van der Waals surface area (Å²) in [6.07, 6.45) is 3.21. The van der Waals surface area contributed by atoms with Crippen molar-refractivity contribution in [1.29, 1.82) is 5.26 Å². The van der Waals surface area contributed by atoms with E-state index in [1.54, 1.807) is 54.4 Å². The maximum Gasteiger partial charge on any atom is 0.353 e. The zero-order valence-electron chi connectivity index (χ0n) is 25.9. The van der Waals surface area contributed by atoms with E-state index in [2.05, 4.69) is 39.0 Å². The van der Waals surface area contributed by atoms with E-state index >= 15 is 0 Å². The third-order valence-electron chi connectivity index (χ3n) is 9.89. The van der Waals surface area contributed by atoms with Gasteiger partial charge in [-0.1, -0.05) is 35.3 Å². The van der Waals surface area contributed by atoms with Crippen LogP contribution in [0, 0.1) is 20.3 Å². The van der Waals surface area contributed by atoms with Crippen LogP contribution in [-0.2, 0) is 31.1 Å². The highest BCUT2D eigenvalue weighted by atomic mass is 127. The lowest BCUT2D eigenvalue weighted by Gasteiger charge is -2.37. The molecule has 2 saturated carbocycles. The number of nitriles is 1. The molecule has 7 rings (SSSR count). The largest absolute Gasteiger partial charge is 0.477 e. The Morgan fingerprint density at radius 2 is 1.80 bits per heavy atom. The summed E-state index contributed by atoms with van der Waals surface area (Å²) in [7, 11) is 0. The van der Waals surface area contributed by atoms with Crippen molar-refractivity contribution in [2.24, 2.45) is 11.1 Å². The van der Waals surface area contributed by atoms with E-state index in [1.165, 1.54) is 22.1 Å². The average molecular weight is 812 g/mol. The van der Waals surface area contributed by atoms with Gasteiger partial charge in [-0.3, -0.25) is 24.3 Å². The Labute approximate surface area is 304 Å². The summed E-state index contributed by atoms with van der Waals surface area (Å²) in [5.41, 5.74) is 3.90. The minimum Gasteiger partial charge on any atom is -0.477 e. The fourth-order valence-corrected chi connectivity index (χ4v) is 8.12. The van der Waals surface area contributed by atoms with E-state index in [0.717, 1.165) is 3.57 Å². The Kier molecular flexibility index (Phi) is 7.84. The second-order valence-corrected chi connectivity index (χ2v) is 15.1. The van der Waals surface area contributed by atoms with Crippen LogP contribution >= 0.6 is 45.8 Å². The molecule has 4 aliphatic rings. The number of nitrogens with two attached hydrogens (primary N) is 1. The molecule has 4 N–H and O–H groups in total. The quantitative estimate of drug-likeness (QED) is 0.213. The van der Waals surface area contributed by atoms with Gasteiger partial charge in [0.15, 0.2) is 6.29 Å². The molecule has 15 heteroatoms. The number of pyridine rings is 1. The Morgan fingerprint density at radius 1 is 1.12 bits per heavy atom. The Hall–Kier alpha value is -4.39. The number of nitrogens with zero attached hydrogens (tertiary/aromatic N) is 5. The van der Waals surface area contributed by atoms with Gasteiger partial charge in [-0.15, -0.1) is 0 Å². The number of carbonyl (C=O) groups excluding carboxylic acids is 3. The molecule has 3 fully saturated rings. The Balaban J connectivity index is 1.30. The molecule has 250 valence electrons. The zero-order valence-corrected chi connectivity index (χ0v) is 29.5. The third-order valence-corrected chi connectivity index (χ3v) is 11.0. The smallest absolute Gasteiger partial charge is 0.353 e. The second-order valence-electron chi connectivity index (χ2n) is 13.0. The van der Waals surface area contributed by atoms with Gasteiger partial charge in [0.25, 0.3) is 5.91 Å².